The summed E-state index contributed by atoms with van der Waals surface area (Å²) in [5.41, 5.74) is 4.60. The van der Waals surface area contributed by atoms with Crippen molar-refractivity contribution in [2.75, 3.05) is 20.3 Å². The van der Waals surface area contributed by atoms with Gasteiger partial charge < -0.3 is 14.2 Å². The molecule has 6 nitrogen and oxygen atoms in total. The van der Waals surface area contributed by atoms with Crippen LogP contribution in [-0.2, 0) is 4.74 Å². The van der Waals surface area contributed by atoms with E-state index >= 15 is 0 Å². The number of ether oxygens (including phenoxy) is 3. The molecule has 0 amide bonds. The van der Waals surface area contributed by atoms with Crippen LogP contribution in [0.3, 0.4) is 0 Å². The molecule has 1 aliphatic heterocycles. The number of halogens is 1. The van der Waals surface area contributed by atoms with Gasteiger partial charge in [0.15, 0.2) is 11.5 Å². The van der Waals surface area contributed by atoms with Gasteiger partial charge in [-0.3, -0.25) is 0 Å². The summed E-state index contributed by atoms with van der Waals surface area (Å²) >= 11 is 0. The molecule has 3 heterocycles. The van der Waals surface area contributed by atoms with Gasteiger partial charge in [0.25, 0.3) is 0 Å². The third-order valence-electron chi connectivity index (χ3n) is 5.46. The van der Waals surface area contributed by atoms with Gasteiger partial charge in [0, 0.05) is 23.7 Å². The Kier molecular flexibility index (Phi) is 5.56. The van der Waals surface area contributed by atoms with E-state index in [1.807, 2.05) is 53.2 Å². The van der Waals surface area contributed by atoms with Crippen molar-refractivity contribution in [3.05, 3.63) is 79.0 Å². The Labute approximate surface area is 185 Å². The van der Waals surface area contributed by atoms with E-state index in [-0.39, 0.29) is 6.10 Å². The molecule has 2 aromatic heterocycles. The number of methoxy groups -OCH3 is 1. The summed E-state index contributed by atoms with van der Waals surface area (Å²) in [5, 5.41) is 4.52. The number of rotatable bonds is 6. The van der Waals surface area contributed by atoms with Gasteiger partial charge in [0.05, 0.1) is 37.9 Å². The SMILES string of the molecule is COc1ccc(-c2ccnn2-c2ccc(-c3ccc(F)nc3)cc2)cc1O[C@@H]1CCOC1. The third kappa shape index (κ3) is 4.07. The van der Waals surface area contributed by atoms with E-state index in [1.165, 1.54) is 12.3 Å². The van der Waals surface area contributed by atoms with Crippen LogP contribution in [0.4, 0.5) is 4.39 Å². The minimum absolute atomic E-state index is 0.0255. The molecule has 0 radical (unpaired) electrons. The van der Waals surface area contributed by atoms with Crippen molar-refractivity contribution in [2.45, 2.75) is 12.5 Å². The lowest BCUT2D eigenvalue weighted by Crippen LogP contribution is -2.16. The highest BCUT2D eigenvalue weighted by molar-refractivity contribution is 5.68. The molecule has 1 atom stereocenters. The average Bonchev–Trinajstić information content (AvgIpc) is 3.52. The van der Waals surface area contributed by atoms with Crippen LogP contribution in [0.2, 0.25) is 0 Å². The van der Waals surface area contributed by atoms with Gasteiger partial charge in [0.1, 0.15) is 6.10 Å². The summed E-state index contributed by atoms with van der Waals surface area (Å²) in [7, 11) is 1.63. The Morgan fingerprint density at radius 2 is 1.78 bits per heavy atom. The van der Waals surface area contributed by atoms with Crippen molar-refractivity contribution < 1.29 is 18.6 Å². The molecule has 0 saturated carbocycles. The highest BCUT2D eigenvalue weighted by Crippen LogP contribution is 2.35. The molecule has 0 aliphatic carbocycles. The van der Waals surface area contributed by atoms with Gasteiger partial charge in [-0.1, -0.05) is 12.1 Å². The van der Waals surface area contributed by atoms with Gasteiger partial charge in [-0.15, -0.1) is 0 Å². The molecule has 2 aromatic carbocycles. The Bertz CT molecular complexity index is 1200. The first kappa shape index (κ1) is 20.2. The van der Waals surface area contributed by atoms with E-state index < -0.39 is 5.95 Å². The zero-order valence-corrected chi connectivity index (χ0v) is 17.6. The quantitative estimate of drug-likeness (QED) is 0.406. The first-order chi connectivity index (χ1) is 15.7. The van der Waals surface area contributed by atoms with E-state index in [0.717, 1.165) is 34.5 Å². The lowest BCUT2D eigenvalue weighted by Gasteiger charge is -2.16. The Morgan fingerprint density at radius 1 is 0.969 bits per heavy atom. The molecular formula is C25H22FN3O3. The molecule has 4 aromatic rings. The van der Waals surface area contributed by atoms with Crippen molar-refractivity contribution in [2.24, 2.45) is 0 Å². The van der Waals surface area contributed by atoms with Crippen LogP contribution in [0.25, 0.3) is 28.1 Å². The molecule has 5 rings (SSSR count). The van der Waals surface area contributed by atoms with E-state index in [9.17, 15) is 4.39 Å². The lowest BCUT2D eigenvalue weighted by molar-refractivity contribution is 0.138. The van der Waals surface area contributed by atoms with Gasteiger partial charge in [-0.25, -0.2) is 9.67 Å². The molecule has 162 valence electrons. The van der Waals surface area contributed by atoms with Crippen LogP contribution < -0.4 is 9.47 Å². The standard InChI is InChI=1S/C25H22FN3O3/c1-30-23-8-4-18(14-24(23)32-21-11-13-31-16-21)22-10-12-28-29(22)20-6-2-17(3-7-20)19-5-9-25(26)27-15-19/h2-10,12,14-15,21H,11,13,16H2,1H3/t21-/m1/s1. The Hall–Kier alpha value is -3.71. The predicted molar refractivity (Wildman–Crippen MR) is 119 cm³/mol. The second-order valence-corrected chi connectivity index (χ2v) is 7.51. The summed E-state index contributed by atoms with van der Waals surface area (Å²) in [6.45, 7) is 1.30. The van der Waals surface area contributed by atoms with Crippen LogP contribution in [0, 0.1) is 5.95 Å². The minimum atomic E-state index is -0.491. The molecule has 1 fully saturated rings. The highest BCUT2D eigenvalue weighted by atomic mass is 19.1. The topological polar surface area (TPSA) is 58.4 Å². The van der Waals surface area contributed by atoms with Crippen LogP contribution in [0.15, 0.2) is 73.1 Å². The number of nitrogens with zero attached hydrogens (tertiary/aromatic N) is 3. The molecule has 1 aliphatic rings. The molecule has 0 bridgehead atoms. The van der Waals surface area contributed by atoms with E-state index in [4.69, 9.17) is 14.2 Å². The van der Waals surface area contributed by atoms with Crippen LogP contribution in [0.5, 0.6) is 11.5 Å². The lowest BCUT2D eigenvalue weighted by atomic mass is 10.1. The second kappa shape index (κ2) is 8.80. The highest BCUT2D eigenvalue weighted by Gasteiger charge is 2.20. The normalized spacial score (nSPS) is 15.6. The van der Waals surface area contributed by atoms with Crippen LogP contribution in [0.1, 0.15) is 6.42 Å². The fourth-order valence-electron chi connectivity index (χ4n) is 3.78. The fourth-order valence-corrected chi connectivity index (χ4v) is 3.78. The summed E-state index contributed by atoms with van der Waals surface area (Å²) in [6, 6.07) is 18.8. The molecule has 7 heteroatoms. The maximum atomic E-state index is 13.1. The Balaban J connectivity index is 1.45. The Morgan fingerprint density at radius 3 is 2.50 bits per heavy atom. The van der Waals surface area contributed by atoms with Crippen LogP contribution >= 0.6 is 0 Å². The van der Waals surface area contributed by atoms with Gasteiger partial charge in [-0.05, 0) is 54.1 Å². The predicted octanol–water partition coefficient (Wildman–Crippen LogP) is 4.92. The molecule has 0 unspecified atom stereocenters. The van der Waals surface area contributed by atoms with E-state index in [0.29, 0.717) is 24.7 Å². The molecule has 0 spiro atoms. The van der Waals surface area contributed by atoms with Gasteiger partial charge in [0.2, 0.25) is 5.95 Å². The molecule has 1 saturated heterocycles. The maximum absolute atomic E-state index is 13.1. The number of pyridine rings is 1. The number of aromatic nitrogens is 3. The summed E-state index contributed by atoms with van der Waals surface area (Å²) in [6.07, 6.45) is 4.18. The summed E-state index contributed by atoms with van der Waals surface area (Å²) in [5.74, 6) is 0.881. The van der Waals surface area contributed by atoms with Gasteiger partial charge in [-0.2, -0.15) is 9.49 Å². The van der Waals surface area contributed by atoms with Gasteiger partial charge >= 0.3 is 0 Å². The molecule has 32 heavy (non-hydrogen) atoms. The number of hydrogen-bond acceptors (Lipinski definition) is 5. The monoisotopic (exact) mass is 431 g/mol. The average molecular weight is 431 g/mol. The van der Waals surface area contributed by atoms with E-state index in [1.54, 1.807) is 19.4 Å². The summed E-state index contributed by atoms with van der Waals surface area (Å²) in [4.78, 5) is 3.73. The maximum Gasteiger partial charge on any atom is 0.212 e. The third-order valence-corrected chi connectivity index (χ3v) is 5.46. The van der Waals surface area contributed by atoms with E-state index in [2.05, 4.69) is 10.1 Å². The van der Waals surface area contributed by atoms with Crippen molar-refractivity contribution in [1.29, 1.82) is 0 Å². The number of benzene rings is 2. The van der Waals surface area contributed by atoms with Crippen molar-refractivity contribution in [1.82, 2.24) is 14.8 Å². The molecular weight excluding hydrogens is 409 g/mol. The van der Waals surface area contributed by atoms with Crippen molar-refractivity contribution in [3.8, 4) is 39.6 Å². The van der Waals surface area contributed by atoms with Crippen molar-refractivity contribution in [3.63, 3.8) is 0 Å². The van der Waals surface area contributed by atoms with Crippen LogP contribution in [-0.4, -0.2) is 41.2 Å². The molecule has 0 N–H and O–H groups in total. The van der Waals surface area contributed by atoms with Crippen molar-refractivity contribution >= 4 is 0 Å². The minimum Gasteiger partial charge on any atom is -0.493 e. The first-order valence-corrected chi connectivity index (χ1v) is 10.4. The second-order valence-electron chi connectivity index (χ2n) is 7.51. The number of hydrogen-bond donors (Lipinski definition) is 0. The summed E-state index contributed by atoms with van der Waals surface area (Å²) < 4.78 is 32.0. The largest absolute Gasteiger partial charge is 0.493 e. The zero-order chi connectivity index (χ0) is 21.9. The fraction of sp³-hybridized carbons (Fsp3) is 0.200. The first-order valence-electron chi connectivity index (χ1n) is 10.4. The smallest absolute Gasteiger partial charge is 0.212 e. The zero-order valence-electron chi connectivity index (χ0n) is 17.6.